The minimum absolute atomic E-state index is 0.153. The molecule has 4 rings (SSSR count). The molecule has 4 aromatic rings. The summed E-state index contributed by atoms with van der Waals surface area (Å²) in [5.41, 5.74) is 2.30. The third-order valence-corrected chi connectivity index (χ3v) is 4.64. The highest BCUT2D eigenvalue weighted by molar-refractivity contribution is 5.94. The molecule has 140 valence electrons. The van der Waals surface area contributed by atoms with E-state index in [2.05, 4.69) is 15.3 Å². The summed E-state index contributed by atoms with van der Waals surface area (Å²) in [5.74, 6) is -0.354. The Balaban J connectivity index is 1.60. The number of fused-ring (bicyclic) bond motifs is 2. The van der Waals surface area contributed by atoms with Gasteiger partial charge in [0.1, 0.15) is 6.54 Å². The quantitative estimate of drug-likeness (QED) is 0.573. The third kappa shape index (κ3) is 3.29. The standard InChI is InChI=1S/C21H18N4O3/c1-2-13-9-19(26)24-18-10-14(7-8-15(13)18)23-20(27)11-25-12-22-17-6-4-3-5-16(17)21(25)28/h3-10,12H,2,11H2,1H3,(H,23,27)(H,24,26). The second-order valence-electron chi connectivity index (χ2n) is 6.52. The van der Waals surface area contributed by atoms with Gasteiger partial charge in [-0.15, -0.1) is 0 Å². The van der Waals surface area contributed by atoms with Gasteiger partial charge in [0.05, 0.1) is 22.7 Å². The van der Waals surface area contributed by atoms with Crippen molar-refractivity contribution in [2.75, 3.05) is 5.32 Å². The Bertz CT molecular complexity index is 1320. The lowest BCUT2D eigenvalue weighted by Gasteiger charge is -2.10. The van der Waals surface area contributed by atoms with E-state index >= 15 is 0 Å². The minimum atomic E-state index is -0.354. The number of aromatic nitrogens is 3. The molecule has 0 aliphatic rings. The maximum atomic E-state index is 12.5. The fourth-order valence-corrected chi connectivity index (χ4v) is 3.28. The molecule has 2 aromatic heterocycles. The molecule has 0 saturated carbocycles. The maximum Gasteiger partial charge on any atom is 0.261 e. The molecule has 2 heterocycles. The van der Waals surface area contributed by atoms with Gasteiger partial charge in [-0.3, -0.25) is 19.0 Å². The zero-order valence-corrected chi connectivity index (χ0v) is 15.2. The van der Waals surface area contributed by atoms with Crippen LogP contribution in [0, 0.1) is 0 Å². The van der Waals surface area contributed by atoms with Gasteiger partial charge >= 0.3 is 0 Å². The van der Waals surface area contributed by atoms with Crippen LogP contribution in [-0.2, 0) is 17.8 Å². The van der Waals surface area contributed by atoms with Crippen LogP contribution >= 0.6 is 0 Å². The van der Waals surface area contributed by atoms with Crippen LogP contribution < -0.4 is 16.4 Å². The zero-order valence-electron chi connectivity index (χ0n) is 15.2. The summed E-state index contributed by atoms with van der Waals surface area (Å²) in [6.07, 6.45) is 2.11. The molecular formula is C21H18N4O3. The van der Waals surface area contributed by atoms with Crippen molar-refractivity contribution in [3.63, 3.8) is 0 Å². The van der Waals surface area contributed by atoms with Gasteiger partial charge in [0.2, 0.25) is 11.5 Å². The molecule has 0 radical (unpaired) electrons. The number of H-pyrrole nitrogens is 1. The highest BCUT2D eigenvalue weighted by atomic mass is 16.2. The van der Waals surface area contributed by atoms with E-state index in [-0.39, 0.29) is 23.6 Å². The van der Waals surface area contributed by atoms with Crippen molar-refractivity contribution in [1.82, 2.24) is 14.5 Å². The zero-order chi connectivity index (χ0) is 19.7. The van der Waals surface area contributed by atoms with E-state index < -0.39 is 0 Å². The van der Waals surface area contributed by atoms with E-state index in [0.717, 1.165) is 17.4 Å². The first-order valence-corrected chi connectivity index (χ1v) is 8.95. The predicted octanol–water partition coefficient (Wildman–Crippen LogP) is 2.44. The number of aromatic amines is 1. The third-order valence-electron chi connectivity index (χ3n) is 4.64. The number of aryl methyl sites for hydroxylation is 1. The van der Waals surface area contributed by atoms with Gasteiger partial charge in [0.15, 0.2) is 0 Å². The van der Waals surface area contributed by atoms with Crippen LogP contribution in [0.15, 0.2) is 64.4 Å². The summed E-state index contributed by atoms with van der Waals surface area (Å²) >= 11 is 0. The van der Waals surface area contributed by atoms with Gasteiger partial charge in [0.25, 0.3) is 5.56 Å². The molecule has 1 amide bonds. The second-order valence-corrected chi connectivity index (χ2v) is 6.52. The number of hydrogen-bond donors (Lipinski definition) is 2. The van der Waals surface area contributed by atoms with Crippen LogP contribution in [-0.4, -0.2) is 20.4 Å². The fourth-order valence-electron chi connectivity index (χ4n) is 3.28. The van der Waals surface area contributed by atoms with E-state index in [4.69, 9.17) is 0 Å². The summed E-state index contributed by atoms with van der Waals surface area (Å²) in [4.78, 5) is 43.7. The van der Waals surface area contributed by atoms with E-state index in [0.29, 0.717) is 22.1 Å². The SMILES string of the molecule is CCc1cc(=O)[nH]c2cc(NC(=O)Cn3cnc4ccccc4c3=O)ccc12. The minimum Gasteiger partial charge on any atom is -0.324 e. The van der Waals surface area contributed by atoms with Gasteiger partial charge in [-0.1, -0.05) is 25.1 Å². The first-order chi connectivity index (χ1) is 13.5. The van der Waals surface area contributed by atoms with Crippen molar-refractivity contribution in [3.05, 3.63) is 81.1 Å². The Morgan fingerprint density at radius 2 is 1.93 bits per heavy atom. The van der Waals surface area contributed by atoms with Crippen molar-refractivity contribution in [2.24, 2.45) is 0 Å². The van der Waals surface area contributed by atoms with Crippen LogP contribution in [0.3, 0.4) is 0 Å². The number of nitrogens with zero attached hydrogens (tertiary/aromatic N) is 2. The number of para-hydroxylation sites is 1. The highest BCUT2D eigenvalue weighted by Crippen LogP contribution is 2.20. The molecule has 7 nitrogen and oxygen atoms in total. The maximum absolute atomic E-state index is 12.5. The first kappa shape index (κ1) is 17.7. The lowest BCUT2D eigenvalue weighted by Crippen LogP contribution is -2.27. The predicted molar refractivity (Wildman–Crippen MR) is 109 cm³/mol. The molecule has 2 aromatic carbocycles. The average molecular weight is 374 g/mol. The summed E-state index contributed by atoms with van der Waals surface area (Å²) in [6.45, 7) is 1.83. The number of carbonyl (C=O) groups is 1. The number of carbonyl (C=O) groups excluding carboxylic acids is 1. The van der Waals surface area contributed by atoms with Gasteiger partial charge in [0, 0.05) is 17.1 Å². The van der Waals surface area contributed by atoms with E-state index in [1.807, 2.05) is 13.0 Å². The molecular weight excluding hydrogens is 356 g/mol. The van der Waals surface area contributed by atoms with Crippen LogP contribution in [0.1, 0.15) is 12.5 Å². The second kappa shape index (κ2) is 7.11. The fraction of sp³-hybridized carbons (Fsp3) is 0.143. The van der Waals surface area contributed by atoms with Crippen LogP contribution in [0.5, 0.6) is 0 Å². The number of benzene rings is 2. The molecule has 0 unspecified atom stereocenters. The van der Waals surface area contributed by atoms with Crippen molar-refractivity contribution in [2.45, 2.75) is 19.9 Å². The molecule has 0 fully saturated rings. The van der Waals surface area contributed by atoms with E-state index in [1.165, 1.54) is 10.9 Å². The van der Waals surface area contributed by atoms with Crippen LogP contribution in [0.2, 0.25) is 0 Å². The lowest BCUT2D eigenvalue weighted by atomic mass is 10.1. The number of nitrogens with one attached hydrogen (secondary N) is 2. The molecule has 0 atom stereocenters. The molecule has 0 bridgehead atoms. The lowest BCUT2D eigenvalue weighted by molar-refractivity contribution is -0.116. The number of anilines is 1. The van der Waals surface area contributed by atoms with E-state index in [9.17, 15) is 14.4 Å². The molecule has 0 aliphatic heterocycles. The molecule has 0 saturated heterocycles. The Hall–Kier alpha value is -3.74. The average Bonchev–Trinajstić information content (AvgIpc) is 2.69. The smallest absolute Gasteiger partial charge is 0.261 e. The molecule has 2 N–H and O–H groups in total. The molecule has 0 spiro atoms. The van der Waals surface area contributed by atoms with Crippen molar-refractivity contribution >= 4 is 33.4 Å². The Labute approximate surface area is 159 Å². The van der Waals surface area contributed by atoms with E-state index in [1.54, 1.807) is 42.5 Å². The van der Waals surface area contributed by atoms with Crippen molar-refractivity contribution < 1.29 is 4.79 Å². The van der Waals surface area contributed by atoms with Gasteiger partial charge in [-0.2, -0.15) is 0 Å². The van der Waals surface area contributed by atoms with Gasteiger partial charge in [-0.25, -0.2) is 4.98 Å². The normalized spacial score (nSPS) is 11.0. The highest BCUT2D eigenvalue weighted by Gasteiger charge is 2.09. The topological polar surface area (TPSA) is 96.8 Å². The van der Waals surface area contributed by atoms with Crippen LogP contribution in [0.25, 0.3) is 21.8 Å². The number of pyridine rings is 1. The molecule has 7 heteroatoms. The van der Waals surface area contributed by atoms with Crippen LogP contribution in [0.4, 0.5) is 5.69 Å². The summed E-state index contributed by atoms with van der Waals surface area (Å²) in [7, 11) is 0. The van der Waals surface area contributed by atoms with Crippen molar-refractivity contribution in [3.8, 4) is 0 Å². The number of amides is 1. The largest absolute Gasteiger partial charge is 0.324 e. The summed E-state index contributed by atoms with van der Waals surface area (Å²) < 4.78 is 1.27. The Morgan fingerprint density at radius 3 is 2.75 bits per heavy atom. The van der Waals surface area contributed by atoms with Gasteiger partial charge < -0.3 is 10.3 Å². The molecule has 28 heavy (non-hydrogen) atoms. The monoisotopic (exact) mass is 374 g/mol. The van der Waals surface area contributed by atoms with Gasteiger partial charge in [-0.05, 0) is 36.2 Å². The number of rotatable bonds is 4. The van der Waals surface area contributed by atoms with Crippen molar-refractivity contribution in [1.29, 1.82) is 0 Å². The molecule has 0 aliphatic carbocycles. The first-order valence-electron chi connectivity index (χ1n) is 8.95. The summed E-state index contributed by atoms with van der Waals surface area (Å²) in [5, 5.41) is 4.17. The summed E-state index contributed by atoms with van der Waals surface area (Å²) in [6, 6.07) is 13.9. The Kier molecular flexibility index (Phi) is 4.49. The Morgan fingerprint density at radius 1 is 1.11 bits per heavy atom. The number of hydrogen-bond acceptors (Lipinski definition) is 4.